The SMILES string of the molecule is CC1CCCN(c2c(CN)cnc3ccccc23)CC1. The third-order valence-electron chi connectivity index (χ3n) is 4.38. The second kappa shape index (κ2) is 5.80. The van der Waals surface area contributed by atoms with Crippen molar-refractivity contribution in [2.24, 2.45) is 11.7 Å². The topological polar surface area (TPSA) is 42.1 Å². The van der Waals surface area contributed by atoms with Crippen molar-refractivity contribution in [3.63, 3.8) is 0 Å². The van der Waals surface area contributed by atoms with Crippen LogP contribution in [0.15, 0.2) is 30.5 Å². The first-order chi connectivity index (χ1) is 9.79. The fourth-order valence-electron chi connectivity index (χ4n) is 3.18. The van der Waals surface area contributed by atoms with Crippen LogP contribution in [0.5, 0.6) is 0 Å². The first-order valence-electron chi connectivity index (χ1n) is 7.61. The van der Waals surface area contributed by atoms with Gasteiger partial charge in [-0.05, 0) is 31.2 Å². The lowest BCUT2D eigenvalue weighted by atomic mass is 10.0. The Kier molecular flexibility index (Phi) is 3.88. The lowest BCUT2D eigenvalue weighted by Crippen LogP contribution is -2.26. The minimum Gasteiger partial charge on any atom is -0.371 e. The van der Waals surface area contributed by atoms with E-state index >= 15 is 0 Å². The molecule has 1 aromatic heterocycles. The second-order valence-electron chi connectivity index (χ2n) is 5.88. The zero-order valence-corrected chi connectivity index (χ0v) is 12.2. The average Bonchev–Trinajstić information content (AvgIpc) is 2.70. The van der Waals surface area contributed by atoms with Gasteiger partial charge in [-0.25, -0.2) is 0 Å². The van der Waals surface area contributed by atoms with Gasteiger partial charge in [-0.2, -0.15) is 0 Å². The fourth-order valence-corrected chi connectivity index (χ4v) is 3.18. The van der Waals surface area contributed by atoms with Gasteiger partial charge in [0.15, 0.2) is 0 Å². The highest BCUT2D eigenvalue weighted by atomic mass is 15.1. The zero-order valence-electron chi connectivity index (χ0n) is 12.2. The van der Waals surface area contributed by atoms with Crippen LogP contribution in [-0.4, -0.2) is 18.1 Å². The molecule has 0 aliphatic carbocycles. The van der Waals surface area contributed by atoms with Crippen molar-refractivity contribution >= 4 is 16.6 Å². The van der Waals surface area contributed by atoms with Crippen molar-refractivity contribution in [1.82, 2.24) is 4.98 Å². The van der Waals surface area contributed by atoms with Crippen LogP contribution in [-0.2, 0) is 6.54 Å². The Hall–Kier alpha value is -1.61. The van der Waals surface area contributed by atoms with Crippen molar-refractivity contribution in [2.75, 3.05) is 18.0 Å². The van der Waals surface area contributed by atoms with E-state index in [2.05, 4.69) is 35.0 Å². The number of rotatable bonds is 2. The highest BCUT2D eigenvalue weighted by Gasteiger charge is 2.18. The van der Waals surface area contributed by atoms with Crippen LogP contribution < -0.4 is 10.6 Å². The van der Waals surface area contributed by atoms with E-state index in [9.17, 15) is 0 Å². The Morgan fingerprint density at radius 2 is 2.10 bits per heavy atom. The lowest BCUT2D eigenvalue weighted by molar-refractivity contribution is 0.521. The summed E-state index contributed by atoms with van der Waals surface area (Å²) in [7, 11) is 0. The monoisotopic (exact) mass is 269 g/mol. The number of fused-ring (bicyclic) bond motifs is 1. The van der Waals surface area contributed by atoms with E-state index in [1.165, 1.54) is 35.9 Å². The van der Waals surface area contributed by atoms with Crippen molar-refractivity contribution in [3.05, 3.63) is 36.0 Å². The molecule has 106 valence electrons. The number of hydrogen-bond acceptors (Lipinski definition) is 3. The Labute approximate surface area is 120 Å². The van der Waals surface area contributed by atoms with Crippen molar-refractivity contribution in [1.29, 1.82) is 0 Å². The van der Waals surface area contributed by atoms with Gasteiger partial charge >= 0.3 is 0 Å². The minimum atomic E-state index is 0.555. The van der Waals surface area contributed by atoms with Gasteiger partial charge in [-0.15, -0.1) is 0 Å². The zero-order chi connectivity index (χ0) is 13.9. The van der Waals surface area contributed by atoms with Gasteiger partial charge in [-0.3, -0.25) is 4.98 Å². The van der Waals surface area contributed by atoms with Crippen LogP contribution in [0.25, 0.3) is 10.9 Å². The molecule has 0 saturated carbocycles. The molecular weight excluding hydrogens is 246 g/mol. The Morgan fingerprint density at radius 1 is 1.25 bits per heavy atom. The van der Waals surface area contributed by atoms with Crippen LogP contribution >= 0.6 is 0 Å². The molecule has 0 spiro atoms. The summed E-state index contributed by atoms with van der Waals surface area (Å²) in [5.41, 5.74) is 9.49. The summed E-state index contributed by atoms with van der Waals surface area (Å²) < 4.78 is 0. The lowest BCUT2D eigenvalue weighted by Gasteiger charge is -2.26. The van der Waals surface area contributed by atoms with E-state index in [1.807, 2.05) is 12.3 Å². The Morgan fingerprint density at radius 3 is 2.95 bits per heavy atom. The molecule has 1 aliphatic heterocycles. The molecule has 2 N–H and O–H groups in total. The Balaban J connectivity index is 2.08. The number of benzene rings is 1. The van der Waals surface area contributed by atoms with E-state index in [1.54, 1.807) is 0 Å². The maximum Gasteiger partial charge on any atom is 0.0723 e. The highest BCUT2D eigenvalue weighted by Crippen LogP contribution is 2.31. The van der Waals surface area contributed by atoms with E-state index in [0.29, 0.717) is 6.54 Å². The molecule has 0 bridgehead atoms. The number of nitrogens with two attached hydrogens (primary N) is 1. The van der Waals surface area contributed by atoms with Gasteiger partial charge in [0.05, 0.1) is 11.2 Å². The van der Waals surface area contributed by atoms with E-state index in [4.69, 9.17) is 5.73 Å². The van der Waals surface area contributed by atoms with Crippen molar-refractivity contribution < 1.29 is 0 Å². The van der Waals surface area contributed by atoms with E-state index in [-0.39, 0.29) is 0 Å². The molecule has 1 unspecified atom stereocenters. The van der Waals surface area contributed by atoms with Crippen molar-refractivity contribution in [2.45, 2.75) is 32.7 Å². The van der Waals surface area contributed by atoms with Crippen LogP contribution in [0.4, 0.5) is 5.69 Å². The molecule has 1 aromatic carbocycles. The van der Waals surface area contributed by atoms with Gasteiger partial charge in [0, 0.05) is 36.8 Å². The molecule has 0 radical (unpaired) electrons. The molecule has 2 aromatic rings. The molecule has 20 heavy (non-hydrogen) atoms. The van der Waals surface area contributed by atoms with Gasteiger partial charge in [0.25, 0.3) is 0 Å². The number of anilines is 1. The standard InChI is InChI=1S/C17H23N3/c1-13-5-4-9-20(10-8-13)17-14(11-18)12-19-16-7-3-2-6-15(16)17/h2-3,6-7,12-13H,4-5,8-11,18H2,1H3. The van der Waals surface area contributed by atoms with Crippen LogP contribution in [0, 0.1) is 5.92 Å². The smallest absolute Gasteiger partial charge is 0.0723 e. The maximum atomic E-state index is 5.95. The number of pyridine rings is 1. The summed E-state index contributed by atoms with van der Waals surface area (Å²) in [5, 5.41) is 1.24. The number of hydrogen-bond donors (Lipinski definition) is 1. The van der Waals surface area contributed by atoms with Crippen LogP contribution in [0.1, 0.15) is 31.7 Å². The molecule has 2 heterocycles. The summed E-state index contributed by atoms with van der Waals surface area (Å²) in [6.07, 6.45) is 5.81. The van der Waals surface area contributed by atoms with Gasteiger partial charge in [0.1, 0.15) is 0 Å². The quantitative estimate of drug-likeness (QED) is 0.909. The number of aromatic nitrogens is 1. The molecule has 3 heteroatoms. The van der Waals surface area contributed by atoms with Crippen LogP contribution in [0.2, 0.25) is 0 Å². The summed E-state index contributed by atoms with van der Waals surface area (Å²) >= 11 is 0. The highest BCUT2D eigenvalue weighted by molar-refractivity contribution is 5.93. The molecule has 1 fully saturated rings. The average molecular weight is 269 g/mol. The Bertz CT molecular complexity index is 594. The van der Waals surface area contributed by atoms with Gasteiger partial charge in [-0.1, -0.05) is 25.1 Å². The minimum absolute atomic E-state index is 0.555. The first-order valence-corrected chi connectivity index (χ1v) is 7.61. The third-order valence-corrected chi connectivity index (χ3v) is 4.38. The molecule has 1 saturated heterocycles. The fraction of sp³-hybridized carbons (Fsp3) is 0.471. The predicted molar refractivity (Wildman–Crippen MR) is 84.9 cm³/mol. The molecular formula is C17H23N3. The van der Waals surface area contributed by atoms with E-state index < -0.39 is 0 Å². The first kappa shape index (κ1) is 13.4. The normalized spacial score (nSPS) is 20.1. The second-order valence-corrected chi connectivity index (χ2v) is 5.88. The summed E-state index contributed by atoms with van der Waals surface area (Å²) in [6, 6.07) is 8.39. The molecule has 3 nitrogen and oxygen atoms in total. The van der Waals surface area contributed by atoms with E-state index in [0.717, 1.165) is 24.5 Å². The molecule has 0 amide bonds. The summed E-state index contributed by atoms with van der Waals surface area (Å²) in [6.45, 7) is 5.17. The predicted octanol–water partition coefficient (Wildman–Crippen LogP) is 3.32. The van der Waals surface area contributed by atoms with Crippen molar-refractivity contribution in [3.8, 4) is 0 Å². The number of para-hydroxylation sites is 1. The number of nitrogens with zero attached hydrogens (tertiary/aromatic N) is 2. The maximum absolute atomic E-state index is 5.95. The molecule has 3 rings (SSSR count). The summed E-state index contributed by atoms with van der Waals surface area (Å²) in [4.78, 5) is 7.06. The van der Waals surface area contributed by atoms with Crippen LogP contribution in [0.3, 0.4) is 0 Å². The largest absolute Gasteiger partial charge is 0.371 e. The van der Waals surface area contributed by atoms with Gasteiger partial charge in [0.2, 0.25) is 0 Å². The molecule has 1 atom stereocenters. The molecule has 1 aliphatic rings. The third kappa shape index (κ3) is 2.50. The van der Waals surface area contributed by atoms with Gasteiger partial charge < -0.3 is 10.6 Å². The summed E-state index contributed by atoms with van der Waals surface area (Å²) in [5.74, 6) is 0.828.